The van der Waals surface area contributed by atoms with Crippen LogP contribution in [-0.4, -0.2) is 31.7 Å². The van der Waals surface area contributed by atoms with Crippen LogP contribution in [0.15, 0.2) is 42.5 Å². The maximum Gasteiger partial charge on any atom is 0.223 e. The summed E-state index contributed by atoms with van der Waals surface area (Å²) in [5.74, 6) is -1.13. The molecule has 0 aliphatic carbocycles. The fourth-order valence-electron chi connectivity index (χ4n) is 3.99. The Labute approximate surface area is 184 Å². The molecule has 1 aliphatic rings. The van der Waals surface area contributed by atoms with Crippen LogP contribution < -0.4 is 5.32 Å². The molecule has 1 saturated heterocycles. The van der Waals surface area contributed by atoms with Crippen molar-refractivity contribution >= 4 is 15.9 Å². The molecule has 1 atom stereocenters. The van der Waals surface area contributed by atoms with Gasteiger partial charge in [0.1, 0.15) is 5.82 Å². The van der Waals surface area contributed by atoms with E-state index >= 15 is 0 Å². The van der Waals surface area contributed by atoms with Crippen molar-refractivity contribution in [3.05, 3.63) is 70.5 Å². The maximum absolute atomic E-state index is 13.9. The van der Waals surface area contributed by atoms with E-state index in [2.05, 4.69) is 37.4 Å². The number of nitrogens with one attached hydrogen (secondary N) is 1. The van der Waals surface area contributed by atoms with Gasteiger partial charge in [0.15, 0.2) is 0 Å². The van der Waals surface area contributed by atoms with E-state index in [4.69, 9.17) is 0 Å². The van der Waals surface area contributed by atoms with Crippen molar-refractivity contribution in [2.45, 2.75) is 51.8 Å². The van der Waals surface area contributed by atoms with Gasteiger partial charge in [-0.3, -0.25) is 4.79 Å². The monoisotopic (exact) mass is 446 g/mol. The van der Waals surface area contributed by atoms with E-state index < -0.39 is 15.8 Å². The highest BCUT2D eigenvalue weighted by atomic mass is 32.2. The summed E-state index contributed by atoms with van der Waals surface area (Å²) < 4.78 is 40.7. The van der Waals surface area contributed by atoms with Gasteiger partial charge in [-0.2, -0.15) is 0 Å². The molecule has 2 aromatic rings. The van der Waals surface area contributed by atoms with Gasteiger partial charge in [-0.15, -0.1) is 0 Å². The van der Waals surface area contributed by atoms with Crippen molar-refractivity contribution in [3.8, 4) is 0 Å². The Bertz CT molecular complexity index is 1030. The summed E-state index contributed by atoms with van der Waals surface area (Å²) in [6.07, 6.45) is 1.71. The van der Waals surface area contributed by atoms with Crippen LogP contribution in [0.25, 0.3) is 0 Å². The molecule has 0 aromatic heterocycles. The number of carbonyl (C=O) groups is 1. The molecule has 1 fully saturated rings. The molecule has 3 rings (SSSR count). The molecule has 0 radical (unpaired) electrons. The zero-order valence-electron chi connectivity index (χ0n) is 18.4. The van der Waals surface area contributed by atoms with Gasteiger partial charge in [-0.1, -0.05) is 43.3 Å². The predicted molar refractivity (Wildman–Crippen MR) is 120 cm³/mol. The summed E-state index contributed by atoms with van der Waals surface area (Å²) in [5.41, 5.74) is 3.66. The van der Waals surface area contributed by atoms with Crippen molar-refractivity contribution in [1.29, 1.82) is 0 Å². The zero-order valence-corrected chi connectivity index (χ0v) is 19.2. The van der Waals surface area contributed by atoms with Crippen LogP contribution in [0, 0.1) is 25.6 Å². The second-order valence-electron chi connectivity index (χ2n) is 8.33. The van der Waals surface area contributed by atoms with E-state index in [1.807, 2.05) is 6.92 Å². The van der Waals surface area contributed by atoms with E-state index in [1.54, 1.807) is 6.07 Å². The predicted octanol–water partition coefficient (Wildman–Crippen LogP) is 4.25. The standard InChI is InChI=1S/C24H31FN2O3S/c1-4-23(20-10-9-17(2)18(3)15-20)26-24(28)19-11-13-27(14-12-19)31(29,30)16-21-7-5-6-8-22(21)25/h5-10,15,19,23H,4,11-14,16H2,1-3H3,(H,26,28). The Hall–Kier alpha value is -2.25. The number of rotatable bonds is 7. The summed E-state index contributed by atoms with van der Waals surface area (Å²) in [5, 5.41) is 3.14. The van der Waals surface area contributed by atoms with E-state index in [0.29, 0.717) is 12.8 Å². The molecular formula is C24H31FN2O3S. The van der Waals surface area contributed by atoms with Gasteiger partial charge in [0.05, 0.1) is 11.8 Å². The highest BCUT2D eigenvalue weighted by Crippen LogP contribution is 2.25. The van der Waals surface area contributed by atoms with E-state index in [9.17, 15) is 17.6 Å². The second-order valence-corrected chi connectivity index (χ2v) is 10.3. The molecule has 0 saturated carbocycles. The molecule has 5 nitrogen and oxygen atoms in total. The van der Waals surface area contributed by atoms with Crippen LogP contribution in [0.2, 0.25) is 0 Å². The Morgan fingerprint density at radius 1 is 1.13 bits per heavy atom. The Kier molecular flexibility index (Phi) is 7.49. The molecule has 31 heavy (non-hydrogen) atoms. The number of sulfonamides is 1. The molecule has 1 heterocycles. The molecule has 168 valence electrons. The van der Waals surface area contributed by atoms with Crippen molar-refractivity contribution < 1.29 is 17.6 Å². The normalized spacial score (nSPS) is 16.8. The van der Waals surface area contributed by atoms with Gasteiger partial charge in [0.25, 0.3) is 0 Å². The average molecular weight is 447 g/mol. The zero-order chi connectivity index (χ0) is 22.6. The number of hydrogen-bond acceptors (Lipinski definition) is 3. The lowest BCUT2D eigenvalue weighted by atomic mass is 9.95. The van der Waals surface area contributed by atoms with Crippen molar-refractivity contribution in [1.82, 2.24) is 9.62 Å². The third-order valence-electron chi connectivity index (χ3n) is 6.17. The smallest absolute Gasteiger partial charge is 0.223 e. The number of carbonyl (C=O) groups excluding carboxylic acids is 1. The quantitative estimate of drug-likeness (QED) is 0.691. The minimum absolute atomic E-state index is 0.0313. The maximum atomic E-state index is 13.9. The average Bonchev–Trinajstić information content (AvgIpc) is 2.75. The summed E-state index contributed by atoms with van der Waals surface area (Å²) in [6.45, 7) is 6.71. The summed E-state index contributed by atoms with van der Waals surface area (Å²) in [7, 11) is -3.63. The topological polar surface area (TPSA) is 66.5 Å². The van der Waals surface area contributed by atoms with Gasteiger partial charge in [-0.05, 0) is 55.9 Å². The van der Waals surface area contributed by atoms with Crippen molar-refractivity contribution in [2.24, 2.45) is 5.92 Å². The minimum atomic E-state index is -3.63. The fraction of sp³-hybridized carbons (Fsp3) is 0.458. The van der Waals surface area contributed by atoms with Gasteiger partial charge in [0.2, 0.25) is 15.9 Å². The summed E-state index contributed by atoms with van der Waals surface area (Å²) in [4.78, 5) is 12.9. The first kappa shape index (κ1) is 23.4. The van der Waals surface area contributed by atoms with E-state index in [0.717, 1.165) is 12.0 Å². The van der Waals surface area contributed by atoms with E-state index in [-0.39, 0.29) is 42.3 Å². The molecule has 0 spiro atoms. The van der Waals surface area contributed by atoms with Crippen molar-refractivity contribution in [3.63, 3.8) is 0 Å². The molecule has 2 aromatic carbocycles. The third-order valence-corrected chi connectivity index (χ3v) is 8.00. The second kappa shape index (κ2) is 9.92. The molecule has 1 aliphatic heterocycles. The summed E-state index contributed by atoms with van der Waals surface area (Å²) >= 11 is 0. The lowest BCUT2D eigenvalue weighted by molar-refractivity contribution is -0.126. The number of aryl methyl sites for hydroxylation is 2. The Morgan fingerprint density at radius 2 is 1.81 bits per heavy atom. The molecule has 1 amide bonds. The van der Waals surface area contributed by atoms with Gasteiger partial charge in [0, 0.05) is 24.6 Å². The number of piperidine rings is 1. The molecule has 7 heteroatoms. The lowest BCUT2D eigenvalue weighted by Crippen LogP contribution is -2.44. The number of benzene rings is 2. The Morgan fingerprint density at radius 3 is 2.42 bits per heavy atom. The van der Waals surface area contributed by atoms with Gasteiger partial charge >= 0.3 is 0 Å². The number of halogens is 1. The molecule has 1 unspecified atom stereocenters. The first-order valence-corrected chi connectivity index (χ1v) is 12.4. The fourth-order valence-corrected chi connectivity index (χ4v) is 5.57. The van der Waals surface area contributed by atoms with Gasteiger partial charge < -0.3 is 5.32 Å². The van der Waals surface area contributed by atoms with Crippen LogP contribution >= 0.6 is 0 Å². The number of nitrogens with zero attached hydrogens (tertiary/aromatic N) is 1. The van der Waals surface area contributed by atoms with Crippen LogP contribution in [-0.2, 0) is 20.6 Å². The SMILES string of the molecule is CCC(NC(=O)C1CCN(S(=O)(=O)Cc2ccccc2F)CC1)c1ccc(C)c(C)c1. The van der Waals surface area contributed by atoms with Gasteiger partial charge in [-0.25, -0.2) is 17.1 Å². The number of amides is 1. The van der Waals surface area contributed by atoms with Crippen LogP contribution in [0.3, 0.4) is 0 Å². The van der Waals surface area contributed by atoms with E-state index in [1.165, 1.54) is 33.6 Å². The Balaban J connectivity index is 1.58. The molecular weight excluding hydrogens is 415 g/mol. The summed E-state index contributed by atoms with van der Waals surface area (Å²) in [6, 6.07) is 12.1. The first-order valence-electron chi connectivity index (χ1n) is 10.8. The highest BCUT2D eigenvalue weighted by Gasteiger charge is 2.32. The number of hydrogen-bond donors (Lipinski definition) is 1. The lowest BCUT2D eigenvalue weighted by Gasteiger charge is -2.31. The van der Waals surface area contributed by atoms with Crippen molar-refractivity contribution in [2.75, 3.05) is 13.1 Å². The molecule has 0 bridgehead atoms. The van der Waals surface area contributed by atoms with Crippen LogP contribution in [0.1, 0.15) is 54.5 Å². The highest BCUT2D eigenvalue weighted by molar-refractivity contribution is 7.88. The first-order chi connectivity index (χ1) is 14.7. The van der Waals surface area contributed by atoms with Crippen LogP contribution in [0.5, 0.6) is 0 Å². The third kappa shape index (κ3) is 5.71. The minimum Gasteiger partial charge on any atom is -0.349 e. The van der Waals surface area contributed by atoms with Crippen LogP contribution in [0.4, 0.5) is 4.39 Å². The molecule has 1 N–H and O–H groups in total. The largest absolute Gasteiger partial charge is 0.349 e.